The van der Waals surface area contributed by atoms with Gasteiger partial charge >= 0.3 is 0 Å². The lowest BCUT2D eigenvalue weighted by molar-refractivity contribution is 0.175. The standard InChI is InChI=1S/C17H29N3O3S/c1-4-9-18-24(21,22)20-12-10-19(11-13-20)14-16-7-5-6-8-17(16)23-15(2)3/h5-8,15,18H,4,9-14H2,1-3H3. The van der Waals surface area contributed by atoms with E-state index in [2.05, 4.69) is 15.7 Å². The van der Waals surface area contributed by atoms with Gasteiger partial charge in [0.05, 0.1) is 6.10 Å². The van der Waals surface area contributed by atoms with E-state index in [9.17, 15) is 8.42 Å². The van der Waals surface area contributed by atoms with Crippen LogP contribution in [-0.2, 0) is 16.8 Å². The Bertz CT molecular complexity index is 611. The van der Waals surface area contributed by atoms with E-state index in [0.29, 0.717) is 19.6 Å². The number of rotatable bonds is 8. The van der Waals surface area contributed by atoms with Gasteiger partial charge in [0.25, 0.3) is 10.2 Å². The topological polar surface area (TPSA) is 61.9 Å². The fourth-order valence-electron chi connectivity index (χ4n) is 2.69. The van der Waals surface area contributed by atoms with Gasteiger partial charge in [-0.2, -0.15) is 12.7 Å². The lowest BCUT2D eigenvalue weighted by Gasteiger charge is -2.34. The van der Waals surface area contributed by atoms with E-state index in [0.717, 1.165) is 37.4 Å². The van der Waals surface area contributed by atoms with Crippen LogP contribution in [0.5, 0.6) is 5.75 Å². The maximum Gasteiger partial charge on any atom is 0.279 e. The Labute approximate surface area is 146 Å². The molecular formula is C17H29N3O3S. The summed E-state index contributed by atoms with van der Waals surface area (Å²) in [6.45, 7) is 9.75. The highest BCUT2D eigenvalue weighted by atomic mass is 32.2. The predicted molar refractivity (Wildman–Crippen MR) is 96.3 cm³/mol. The zero-order valence-electron chi connectivity index (χ0n) is 14.9. The molecule has 0 spiro atoms. The van der Waals surface area contributed by atoms with E-state index < -0.39 is 10.2 Å². The molecule has 0 radical (unpaired) electrons. The van der Waals surface area contributed by atoms with E-state index in [1.807, 2.05) is 39.0 Å². The van der Waals surface area contributed by atoms with Gasteiger partial charge in [0.1, 0.15) is 5.75 Å². The molecular weight excluding hydrogens is 326 g/mol. The van der Waals surface area contributed by atoms with Gasteiger partial charge in [-0.25, -0.2) is 4.72 Å². The van der Waals surface area contributed by atoms with Crippen LogP contribution in [0.25, 0.3) is 0 Å². The number of nitrogens with one attached hydrogen (secondary N) is 1. The zero-order valence-corrected chi connectivity index (χ0v) is 15.7. The third-order valence-electron chi connectivity index (χ3n) is 3.93. The van der Waals surface area contributed by atoms with Crippen molar-refractivity contribution in [3.8, 4) is 5.75 Å². The summed E-state index contributed by atoms with van der Waals surface area (Å²) in [6, 6.07) is 8.05. The van der Waals surface area contributed by atoms with Crippen LogP contribution in [0.15, 0.2) is 24.3 Å². The normalized spacial score (nSPS) is 17.3. The Morgan fingerprint density at radius 1 is 1.17 bits per heavy atom. The number of para-hydroxylation sites is 1. The van der Waals surface area contributed by atoms with Crippen LogP contribution in [0.4, 0.5) is 0 Å². The predicted octanol–water partition coefficient (Wildman–Crippen LogP) is 1.84. The number of ether oxygens (including phenoxy) is 1. The highest BCUT2D eigenvalue weighted by Gasteiger charge is 2.26. The third kappa shape index (κ3) is 5.44. The molecule has 0 amide bonds. The summed E-state index contributed by atoms with van der Waals surface area (Å²) in [4.78, 5) is 2.27. The molecule has 1 aliphatic heterocycles. The van der Waals surface area contributed by atoms with Crippen molar-refractivity contribution in [2.24, 2.45) is 0 Å². The maximum absolute atomic E-state index is 12.2. The van der Waals surface area contributed by atoms with E-state index in [1.54, 1.807) is 0 Å². The van der Waals surface area contributed by atoms with Gasteiger partial charge in [0, 0.05) is 44.8 Å². The smallest absolute Gasteiger partial charge is 0.279 e. The highest BCUT2D eigenvalue weighted by Crippen LogP contribution is 2.22. The summed E-state index contributed by atoms with van der Waals surface area (Å²) < 4.78 is 34.4. The molecule has 7 heteroatoms. The first-order valence-corrected chi connectivity index (χ1v) is 10.1. The van der Waals surface area contributed by atoms with Crippen molar-refractivity contribution in [2.75, 3.05) is 32.7 Å². The lowest BCUT2D eigenvalue weighted by Crippen LogP contribution is -2.51. The summed E-state index contributed by atoms with van der Waals surface area (Å²) in [6.07, 6.45) is 0.934. The van der Waals surface area contributed by atoms with Crippen molar-refractivity contribution in [1.29, 1.82) is 0 Å². The monoisotopic (exact) mass is 355 g/mol. The molecule has 1 aliphatic rings. The van der Waals surface area contributed by atoms with Crippen LogP contribution in [0.1, 0.15) is 32.8 Å². The third-order valence-corrected chi connectivity index (χ3v) is 5.55. The number of piperazine rings is 1. The lowest BCUT2D eigenvalue weighted by atomic mass is 10.1. The van der Waals surface area contributed by atoms with Crippen molar-refractivity contribution in [2.45, 2.75) is 39.8 Å². The summed E-state index contributed by atoms with van der Waals surface area (Å²) in [5.41, 5.74) is 1.15. The number of hydrogen-bond acceptors (Lipinski definition) is 4. The number of benzene rings is 1. The molecule has 1 N–H and O–H groups in total. The van der Waals surface area contributed by atoms with Crippen molar-refractivity contribution in [3.63, 3.8) is 0 Å². The molecule has 136 valence electrons. The van der Waals surface area contributed by atoms with Crippen LogP contribution in [0.2, 0.25) is 0 Å². The Hall–Kier alpha value is -1.15. The van der Waals surface area contributed by atoms with Gasteiger partial charge < -0.3 is 4.74 Å². The van der Waals surface area contributed by atoms with Crippen LogP contribution < -0.4 is 9.46 Å². The number of nitrogens with zero attached hydrogens (tertiary/aromatic N) is 2. The highest BCUT2D eigenvalue weighted by molar-refractivity contribution is 7.87. The first kappa shape index (κ1) is 19.2. The molecule has 1 heterocycles. The quantitative estimate of drug-likeness (QED) is 0.773. The van der Waals surface area contributed by atoms with Crippen LogP contribution in [-0.4, -0.2) is 56.5 Å². The fourth-order valence-corrected chi connectivity index (χ4v) is 3.98. The summed E-state index contributed by atoms with van der Waals surface area (Å²) >= 11 is 0. The minimum Gasteiger partial charge on any atom is -0.491 e. The van der Waals surface area contributed by atoms with E-state index in [4.69, 9.17) is 4.74 Å². The first-order chi connectivity index (χ1) is 11.4. The Kier molecular flexibility index (Phi) is 7.03. The van der Waals surface area contributed by atoms with Gasteiger partial charge in [0.2, 0.25) is 0 Å². The van der Waals surface area contributed by atoms with Gasteiger partial charge in [-0.15, -0.1) is 0 Å². The maximum atomic E-state index is 12.2. The zero-order chi connectivity index (χ0) is 17.6. The van der Waals surface area contributed by atoms with Gasteiger partial charge in [-0.1, -0.05) is 25.1 Å². The van der Waals surface area contributed by atoms with Gasteiger partial charge in [-0.05, 0) is 26.3 Å². The van der Waals surface area contributed by atoms with E-state index in [1.165, 1.54) is 4.31 Å². The molecule has 0 aromatic heterocycles. The SMILES string of the molecule is CCCNS(=O)(=O)N1CCN(Cc2ccccc2OC(C)C)CC1. The van der Waals surface area contributed by atoms with Crippen molar-refractivity contribution in [3.05, 3.63) is 29.8 Å². The largest absolute Gasteiger partial charge is 0.491 e. The first-order valence-electron chi connectivity index (χ1n) is 8.64. The minimum absolute atomic E-state index is 0.137. The molecule has 1 fully saturated rings. The molecule has 1 aromatic carbocycles. The Morgan fingerprint density at radius 3 is 2.46 bits per heavy atom. The Balaban J connectivity index is 1.92. The van der Waals surface area contributed by atoms with Crippen LogP contribution in [0.3, 0.4) is 0 Å². The molecule has 1 saturated heterocycles. The molecule has 6 nitrogen and oxygen atoms in total. The van der Waals surface area contributed by atoms with Crippen molar-refractivity contribution < 1.29 is 13.2 Å². The van der Waals surface area contributed by atoms with E-state index in [-0.39, 0.29) is 6.10 Å². The minimum atomic E-state index is -3.33. The number of hydrogen-bond donors (Lipinski definition) is 1. The average Bonchev–Trinajstić information content (AvgIpc) is 2.55. The average molecular weight is 356 g/mol. The van der Waals surface area contributed by atoms with Crippen LogP contribution >= 0.6 is 0 Å². The molecule has 2 rings (SSSR count). The van der Waals surface area contributed by atoms with Gasteiger partial charge in [-0.3, -0.25) is 4.90 Å². The van der Waals surface area contributed by atoms with Crippen molar-refractivity contribution >= 4 is 10.2 Å². The molecule has 24 heavy (non-hydrogen) atoms. The van der Waals surface area contributed by atoms with E-state index >= 15 is 0 Å². The molecule has 0 atom stereocenters. The fraction of sp³-hybridized carbons (Fsp3) is 0.647. The van der Waals surface area contributed by atoms with Gasteiger partial charge in [0.15, 0.2) is 0 Å². The molecule has 0 unspecified atom stereocenters. The Morgan fingerprint density at radius 2 is 1.83 bits per heavy atom. The second kappa shape index (κ2) is 8.80. The van der Waals surface area contributed by atoms with Crippen LogP contribution in [0, 0.1) is 0 Å². The van der Waals surface area contributed by atoms with Crippen molar-refractivity contribution in [1.82, 2.24) is 13.9 Å². The second-order valence-electron chi connectivity index (χ2n) is 6.35. The summed E-state index contributed by atoms with van der Waals surface area (Å²) in [5, 5.41) is 0. The molecule has 0 bridgehead atoms. The second-order valence-corrected chi connectivity index (χ2v) is 8.10. The molecule has 0 aliphatic carbocycles. The molecule has 1 aromatic rings. The molecule has 0 saturated carbocycles. The summed E-state index contributed by atoms with van der Waals surface area (Å²) in [5.74, 6) is 0.909. The summed E-state index contributed by atoms with van der Waals surface area (Å²) in [7, 11) is -3.33.